The number of anilines is 2. The van der Waals surface area contributed by atoms with Gasteiger partial charge >= 0.3 is 0 Å². The number of ether oxygens (including phenoxy) is 2. The highest BCUT2D eigenvalue weighted by molar-refractivity contribution is 6.36. The molecule has 1 saturated heterocycles. The summed E-state index contributed by atoms with van der Waals surface area (Å²) < 4.78 is 39.7. The predicted molar refractivity (Wildman–Crippen MR) is 175 cm³/mol. The topological polar surface area (TPSA) is 103 Å². The van der Waals surface area contributed by atoms with Crippen LogP contribution in [-0.4, -0.2) is 46.1 Å². The van der Waals surface area contributed by atoms with Crippen LogP contribution in [0.2, 0.25) is 5.02 Å². The lowest BCUT2D eigenvalue weighted by atomic mass is 9.96. The maximum atomic E-state index is 13.7. The van der Waals surface area contributed by atoms with Gasteiger partial charge in [-0.25, -0.2) is 23.4 Å². The summed E-state index contributed by atoms with van der Waals surface area (Å²) in [6.07, 6.45) is 0.490. The monoisotopic (exact) mass is 646 g/mol. The molecule has 1 fully saturated rings. The lowest BCUT2D eigenvalue weighted by molar-refractivity contribution is 0.0775. The zero-order chi connectivity index (χ0) is 32.4. The molecule has 0 saturated carbocycles. The number of benzene rings is 2. The first-order valence-corrected chi connectivity index (χ1v) is 15.3. The van der Waals surface area contributed by atoms with Crippen LogP contribution in [0.15, 0.2) is 65.6 Å². The Morgan fingerprint density at radius 2 is 1.80 bits per heavy atom. The minimum Gasteiger partial charge on any atom is -0.481 e. The van der Waals surface area contributed by atoms with Gasteiger partial charge in [-0.05, 0) is 49.1 Å². The molecular formula is C34H33ClF2N6O3. The molecule has 0 atom stereocenters. The Kier molecular flexibility index (Phi) is 9.25. The number of pyridine rings is 2. The maximum Gasteiger partial charge on any atom is 0.280 e. The maximum absolute atomic E-state index is 13.7. The van der Waals surface area contributed by atoms with Gasteiger partial charge in [0.2, 0.25) is 5.88 Å². The summed E-state index contributed by atoms with van der Waals surface area (Å²) in [6, 6.07) is 16.8. The van der Waals surface area contributed by atoms with Gasteiger partial charge in [0.25, 0.3) is 12.0 Å². The molecule has 5 aromatic rings. The minimum atomic E-state index is -2.83. The Labute approximate surface area is 269 Å². The molecule has 0 bridgehead atoms. The highest BCUT2D eigenvalue weighted by Gasteiger charge is 2.20. The zero-order valence-corrected chi connectivity index (χ0v) is 26.4. The molecule has 6 rings (SSSR count). The predicted octanol–water partition coefficient (Wildman–Crippen LogP) is 6.98. The number of nitrogens with zero attached hydrogens (tertiary/aromatic N) is 4. The molecule has 0 unspecified atom stereocenters. The molecule has 9 nitrogen and oxygen atoms in total. The van der Waals surface area contributed by atoms with E-state index in [0.29, 0.717) is 34.9 Å². The number of methoxy groups -OCH3 is 1. The van der Waals surface area contributed by atoms with Crippen LogP contribution in [0.25, 0.3) is 33.2 Å². The number of halogens is 3. The quantitative estimate of drug-likeness (QED) is 0.177. The number of rotatable bonds is 9. The van der Waals surface area contributed by atoms with Crippen molar-refractivity contribution in [3.05, 3.63) is 93.0 Å². The van der Waals surface area contributed by atoms with Crippen molar-refractivity contribution in [2.24, 2.45) is 7.05 Å². The summed E-state index contributed by atoms with van der Waals surface area (Å²) in [4.78, 5) is 21.9. The van der Waals surface area contributed by atoms with Crippen LogP contribution < -0.4 is 20.9 Å². The molecule has 0 spiro atoms. The average molecular weight is 647 g/mol. The number of hydrogen-bond donors (Lipinski definition) is 2. The highest BCUT2D eigenvalue weighted by Crippen LogP contribution is 2.40. The fourth-order valence-electron chi connectivity index (χ4n) is 5.69. The molecule has 1 aliphatic heterocycles. The van der Waals surface area contributed by atoms with Crippen LogP contribution in [0, 0.1) is 6.92 Å². The summed E-state index contributed by atoms with van der Waals surface area (Å²) in [7, 11) is 3.10. The summed E-state index contributed by atoms with van der Waals surface area (Å²) in [5, 5.41) is 11.6. The summed E-state index contributed by atoms with van der Waals surface area (Å²) in [5.74, 6) is 0.548. The Hall–Kier alpha value is -4.45. The third-order valence-electron chi connectivity index (χ3n) is 8.26. The van der Waals surface area contributed by atoms with Crippen molar-refractivity contribution >= 4 is 33.9 Å². The second-order valence-electron chi connectivity index (χ2n) is 11.1. The van der Waals surface area contributed by atoms with Crippen molar-refractivity contribution in [2.75, 3.05) is 25.6 Å². The van der Waals surface area contributed by atoms with Crippen molar-refractivity contribution in [1.82, 2.24) is 25.1 Å². The Balaban J connectivity index is 1.34. The lowest BCUT2D eigenvalue weighted by Crippen LogP contribution is -2.34. The van der Waals surface area contributed by atoms with E-state index >= 15 is 0 Å². The second kappa shape index (κ2) is 13.5. The van der Waals surface area contributed by atoms with Gasteiger partial charge in [-0.1, -0.05) is 48.0 Å². The van der Waals surface area contributed by atoms with Crippen LogP contribution in [-0.2, 0) is 18.3 Å². The van der Waals surface area contributed by atoms with Gasteiger partial charge in [-0.3, -0.25) is 4.79 Å². The van der Waals surface area contributed by atoms with E-state index in [0.717, 1.165) is 58.6 Å². The van der Waals surface area contributed by atoms with Crippen LogP contribution in [0.4, 0.5) is 20.3 Å². The van der Waals surface area contributed by atoms with Gasteiger partial charge in [0.05, 0.1) is 29.4 Å². The number of aromatic nitrogens is 4. The van der Waals surface area contributed by atoms with Gasteiger partial charge in [0, 0.05) is 60.6 Å². The number of fused-ring (bicyclic) bond motifs is 1. The van der Waals surface area contributed by atoms with E-state index in [-0.39, 0.29) is 16.6 Å². The first-order valence-electron chi connectivity index (χ1n) is 14.9. The van der Waals surface area contributed by atoms with Gasteiger partial charge < -0.3 is 20.1 Å². The molecule has 0 radical (unpaired) electrons. The van der Waals surface area contributed by atoms with Crippen molar-refractivity contribution in [1.29, 1.82) is 0 Å². The van der Waals surface area contributed by atoms with Gasteiger partial charge in [-0.15, -0.1) is 0 Å². The normalized spacial score (nSPS) is 13.8. The van der Waals surface area contributed by atoms with Crippen LogP contribution in [0.1, 0.15) is 36.1 Å². The third kappa shape index (κ3) is 6.31. The number of alkyl halides is 2. The molecule has 12 heteroatoms. The molecule has 46 heavy (non-hydrogen) atoms. The smallest absolute Gasteiger partial charge is 0.280 e. The first kappa shape index (κ1) is 31.5. The SMILES string of the molecule is COc1nc(-c2cccc(-c3cccc(Nc4nc(C(F)F)cc5cnn(C)c(=O)c45)c3C)c2Cl)ccc1CNC1CCOCC1. The molecule has 1 aliphatic rings. The first-order chi connectivity index (χ1) is 22.2. The summed E-state index contributed by atoms with van der Waals surface area (Å²) >= 11 is 7.06. The van der Waals surface area contributed by atoms with Crippen LogP contribution >= 0.6 is 11.6 Å². The Bertz CT molecular complexity index is 1960. The van der Waals surface area contributed by atoms with E-state index in [1.165, 1.54) is 19.3 Å². The van der Waals surface area contributed by atoms with E-state index in [2.05, 4.69) is 20.7 Å². The van der Waals surface area contributed by atoms with Gasteiger partial charge in [-0.2, -0.15) is 5.10 Å². The molecule has 4 heterocycles. The second-order valence-corrected chi connectivity index (χ2v) is 11.5. The third-order valence-corrected chi connectivity index (χ3v) is 8.66. The van der Waals surface area contributed by atoms with E-state index in [9.17, 15) is 13.6 Å². The van der Waals surface area contributed by atoms with Crippen LogP contribution in [0.3, 0.4) is 0 Å². The number of nitrogens with one attached hydrogen (secondary N) is 2. The van der Waals surface area contributed by atoms with Gasteiger partial charge in [0.15, 0.2) is 0 Å². The fraction of sp³-hybridized carbons (Fsp3) is 0.294. The molecule has 2 N–H and O–H groups in total. The van der Waals surface area contributed by atoms with Crippen molar-refractivity contribution in [3.63, 3.8) is 0 Å². The molecule has 0 amide bonds. The van der Waals surface area contributed by atoms with E-state index in [4.69, 9.17) is 26.1 Å². The molecule has 0 aliphatic carbocycles. The van der Waals surface area contributed by atoms with E-state index < -0.39 is 17.7 Å². The molecule has 3 aromatic heterocycles. The molecular weight excluding hydrogens is 614 g/mol. The number of aryl methyl sites for hydroxylation is 1. The van der Waals surface area contributed by atoms with Crippen molar-refractivity contribution in [2.45, 2.75) is 38.8 Å². The summed E-state index contributed by atoms with van der Waals surface area (Å²) in [5.41, 5.74) is 4.36. The fourth-order valence-corrected chi connectivity index (χ4v) is 6.02. The highest BCUT2D eigenvalue weighted by atomic mass is 35.5. The molecule has 2 aromatic carbocycles. The largest absolute Gasteiger partial charge is 0.481 e. The Morgan fingerprint density at radius 1 is 1.07 bits per heavy atom. The van der Waals surface area contributed by atoms with Crippen molar-refractivity contribution < 1.29 is 18.3 Å². The Morgan fingerprint density at radius 3 is 2.57 bits per heavy atom. The zero-order valence-electron chi connectivity index (χ0n) is 25.6. The van der Waals surface area contributed by atoms with E-state index in [1.807, 2.05) is 49.4 Å². The summed E-state index contributed by atoms with van der Waals surface area (Å²) in [6.45, 7) is 4.04. The van der Waals surface area contributed by atoms with Crippen LogP contribution in [0.5, 0.6) is 5.88 Å². The molecule has 238 valence electrons. The minimum absolute atomic E-state index is 0.0265. The lowest BCUT2D eigenvalue weighted by Gasteiger charge is -2.23. The van der Waals surface area contributed by atoms with E-state index in [1.54, 1.807) is 13.2 Å². The number of hydrogen-bond acceptors (Lipinski definition) is 8. The van der Waals surface area contributed by atoms with Crippen molar-refractivity contribution in [3.8, 4) is 28.3 Å². The standard InChI is InChI=1S/C34H33ClF2N6O3/c1-19-23(6-5-9-26(19)40-32-29-21(16-28(41-32)31(36)37)18-39-43(2)34(29)44)24-7-4-8-25(30(24)35)27-11-10-20(33(42-27)45-3)17-38-22-12-14-46-15-13-22/h4-11,16,18,22,31,38H,12-15,17H2,1-3H3,(H,40,41). The van der Waals surface area contributed by atoms with Gasteiger partial charge in [0.1, 0.15) is 11.5 Å². The average Bonchev–Trinajstić information content (AvgIpc) is 3.07.